The van der Waals surface area contributed by atoms with E-state index in [9.17, 15) is 0 Å². The first kappa shape index (κ1) is 30.4. The molecular formula is C49H41N. The number of hydrogen-bond donors (Lipinski definition) is 0. The first-order chi connectivity index (χ1) is 24.3. The Kier molecular flexibility index (Phi) is 6.97. The van der Waals surface area contributed by atoms with Gasteiger partial charge in [0.25, 0.3) is 0 Å². The van der Waals surface area contributed by atoms with Crippen molar-refractivity contribution in [3.05, 3.63) is 203 Å². The van der Waals surface area contributed by atoms with Crippen molar-refractivity contribution >= 4 is 33.9 Å². The Balaban J connectivity index is 1.15. The van der Waals surface area contributed by atoms with Crippen LogP contribution in [0, 0.1) is 0 Å². The molecule has 0 aromatic heterocycles. The molecule has 0 fully saturated rings. The Morgan fingerprint density at radius 2 is 1.10 bits per heavy atom. The van der Waals surface area contributed by atoms with Crippen LogP contribution in [0.25, 0.3) is 28.0 Å². The molecule has 1 atom stereocenters. The van der Waals surface area contributed by atoms with Gasteiger partial charge in [0.1, 0.15) is 0 Å². The highest BCUT2D eigenvalue weighted by Crippen LogP contribution is 2.53. The monoisotopic (exact) mass is 643 g/mol. The van der Waals surface area contributed by atoms with Crippen molar-refractivity contribution < 1.29 is 0 Å². The van der Waals surface area contributed by atoms with Crippen LogP contribution in [0.15, 0.2) is 164 Å². The van der Waals surface area contributed by atoms with E-state index in [4.69, 9.17) is 0 Å². The van der Waals surface area contributed by atoms with E-state index in [1.807, 2.05) is 0 Å². The molecule has 1 nitrogen and oxygen atoms in total. The lowest BCUT2D eigenvalue weighted by atomic mass is 9.73. The van der Waals surface area contributed by atoms with E-state index in [1.54, 1.807) is 0 Å². The van der Waals surface area contributed by atoms with E-state index < -0.39 is 0 Å². The second-order valence-electron chi connectivity index (χ2n) is 15.0. The van der Waals surface area contributed by atoms with Crippen LogP contribution in [0.4, 0.5) is 17.1 Å². The predicted octanol–water partition coefficient (Wildman–Crippen LogP) is 13.1. The summed E-state index contributed by atoms with van der Waals surface area (Å²) >= 11 is 0. The van der Waals surface area contributed by atoms with Gasteiger partial charge in [0.2, 0.25) is 0 Å². The number of hydrogen-bond acceptors (Lipinski definition) is 1. The maximum absolute atomic E-state index is 2.48. The average Bonchev–Trinajstić information content (AvgIpc) is 3.38. The van der Waals surface area contributed by atoms with E-state index in [1.165, 1.54) is 77.9 Å². The molecule has 0 saturated heterocycles. The largest absolute Gasteiger partial charge is 0.309 e. The molecule has 0 amide bonds. The topological polar surface area (TPSA) is 3.24 Å². The van der Waals surface area contributed by atoms with Gasteiger partial charge in [-0.3, -0.25) is 0 Å². The summed E-state index contributed by atoms with van der Waals surface area (Å²) in [6.07, 6.45) is 4.74. The van der Waals surface area contributed by atoms with E-state index in [0.29, 0.717) is 0 Å². The van der Waals surface area contributed by atoms with Gasteiger partial charge in [-0.15, -0.1) is 0 Å². The molecule has 9 rings (SSSR count). The first-order valence-electron chi connectivity index (χ1n) is 17.8. The van der Waals surface area contributed by atoms with Gasteiger partial charge in [-0.25, -0.2) is 0 Å². The van der Waals surface area contributed by atoms with Crippen molar-refractivity contribution in [2.75, 3.05) is 4.90 Å². The minimum atomic E-state index is -0.170. The minimum Gasteiger partial charge on any atom is -0.309 e. The number of anilines is 3. The van der Waals surface area contributed by atoms with Crippen molar-refractivity contribution in [1.82, 2.24) is 0 Å². The molecule has 0 spiro atoms. The van der Waals surface area contributed by atoms with Gasteiger partial charge in [0.15, 0.2) is 0 Å². The van der Waals surface area contributed by atoms with E-state index in [2.05, 4.69) is 202 Å². The summed E-state index contributed by atoms with van der Waals surface area (Å²) in [6, 6.07) is 58.3. The third-order valence-electron chi connectivity index (χ3n) is 11.4. The first-order valence-corrected chi connectivity index (χ1v) is 17.8. The Morgan fingerprint density at radius 1 is 0.460 bits per heavy atom. The molecule has 2 aliphatic rings. The van der Waals surface area contributed by atoms with Gasteiger partial charge in [-0.05, 0) is 79.7 Å². The van der Waals surface area contributed by atoms with Crippen LogP contribution >= 0.6 is 0 Å². The van der Waals surface area contributed by atoms with Gasteiger partial charge >= 0.3 is 0 Å². The molecule has 0 N–H and O–H groups in total. The maximum atomic E-state index is 2.48. The SMILES string of the molecule is CC1(C)c2ccccc2-c2ccc(C(/C=C/c3ccc4c(c3)C(C)(C)c3ccccc3N4c3cccc4ccccc34)c3ccccc3)cc21. The number of para-hydroxylation sites is 1. The Bertz CT molecular complexity index is 2440. The summed E-state index contributed by atoms with van der Waals surface area (Å²) in [5.41, 5.74) is 15.5. The van der Waals surface area contributed by atoms with Gasteiger partial charge in [0, 0.05) is 22.1 Å². The smallest absolute Gasteiger partial charge is 0.0540 e. The molecule has 7 aromatic carbocycles. The zero-order chi connectivity index (χ0) is 34.0. The van der Waals surface area contributed by atoms with Crippen LogP contribution in [0.2, 0.25) is 0 Å². The lowest BCUT2D eigenvalue weighted by Crippen LogP contribution is -2.30. The van der Waals surface area contributed by atoms with Gasteiger partial charge in [-0.1, -0.05) is 173 Å². The van der Waals surface area contributed by atoms with Crippen LogP contribution in [-0.2, 0) is 10.8 Å². The van der Waals surface area contributed by atoms with Crippen molar-refractivity contribution in [3.8, 4) is 11.1 Å². The third-order valence-corrected chi connectivity index (χ3v) is 11.4. The van der Waals surface area contributed by atoms with Crippen molar-refractivity contribution in [2.24, 2.45) is 0 Å². The van der Waals surface area contributed by atoms with Gasteiger partial charge < -0.3 is 4.90 Å². The lowest BCUT2D eigenvalue weighted by molar-refractivity contribution is 0.632. The minimum absolute atomic E-state index is 0.0385. The van der Waals surface area contributed by atoms with E-state index in [-0.39, 0.29) is 16.7 Å². The Morgan fingerprint density at radius 3 is 1.96 bits per heavy atom. The molecule has 0 bridgehead atoms. The molecule has 1 aliphatic carbocycles. The number of allylic oxidation sites excluding steroid dienone is 1. The second kappa shape index (κ2) is 11.5. The van der Waals surface area contributed by atoms with Crippen molar-refractivity contribution in [2.45, 2.75) is 44.4 Å². The van der Waals surface area contributed by atoms with Gasteiger partial charge in [0.05, 0.1) is 17.1 Å². The van der Waals surface area contributed by atoms with Crippen LogP contribution in [0.3, 0.4) is 0 Å². The second-order valence-corrected chi connectivity index (χ2v) is 15.0. The van der Waals surface area contributed by atoms with Crippen LogP contribution in [-0.4, -0.2) is 0 Å². The normalized spacial score (nSPS) is 15.7. The van der Waals surface area contributed by atoms with Crippen LogP contribution in [0.1, 0.15) is 72.6 Å². The molecule has 50 heavy (non-hydrogen) atoms. The molecular weight excluding hydrogens is 603 g/mol. The molecule has 0 saturated carbocycles. The molecule has 7 aromatic rings. The maximum Gasteiger partial charge on any atom is 0.0540 e. The summed E-state index contributed by atoms with van der Waals surface area (Å²) < 4.78 is 0. The van der Waals surface area contributed by atoms with Crippen LogP contribution < -0.4 is 4.90 Å². The number of nitrogens with zero attached hydrogens (tertiary/aromatic N) is 1. The average molecular weight is 644 g/mol. The quantitative estimate of drug-likeness (QED) is 0.180. The Labute approximate surface area is 296 Å². The molecule has 1 unspecified atom stereocenters. The summed E-state index contributed by atoms with van der Waals surface area (Å²) in [7, 11) is 0. The predicted molar refractivity (Wildman–Crippen MR) is 212 cm³/mol. The van der Waals surface area contributed by atoms with Gasteiger partial charge in [-0.2, -0.15) is 0 Å². The standard InChI is InChI=1S/C49H41N/c1-48(2)41-21-11-10-20-39(41)40-29-27-36(32-43(40)48)37(34-15-6-5-7-16-34)28-25-33-26-30-47-44(31-33)49(3,4)42-22-12-13-23-46(42)50(47)45-24-14-18-35-17-8-9-19-38(35)45/h5-32,37H,1-4H3/b28-25+. The zero-order valence-corrected chi connectivity index (χ0v) is 29.2. The number of benzene rings is 7. The summed E-state index contributed by atoms with van der Waals surface area (Å²) in [6.45, 7) is 9.47. The summed E-state index contributed by atoms with van der Waals surface area (Å²) in [5, 5.41) is 2.50. The van der Waals surface area contributed by atoms with Crippen LogP contribution in [0.5, 0.6) is 0 Å². The van der Waals surface area contributed by atoms with E-state index >= 15 is 0 Å². The lowest BCUT2D eigenvalue weighted by Gasteiger charge is -2.42. The fraction of sp³-hybridized carbons (Fsp3) is 0.143. The number of fused-ring (bicyclic) bond motifs is 6. The highest BCUT2D eigenvalue weighted by atomic mass is 15.2. The van der Waals surface area contributed by atoms with Crippen molar-refractivity contribution in [3.63, 3.8) is 0 Å². The fourth-order valence-corrected chi connectivity index (χ4v) is 8.69. The Hall–Kier alpha value is -5.66. The molecule has 1 aliphatic heterocycles. The molecule has 0 radical (unpaired) electrons. The molecule has 1 heterocycles. The molecule has 1 heteroatoms. The highest BCUT2D eigenvalue weighted by Gasteiger charge is 2.38. The highest BCUT2D eigenvalue weighted by molar-refractivity contribution is 6.01. The zero-order valence-electron chi connectivity index (χ0n) is 29.2. The van der Waals surface area contributed by atoms with Crippen molar-refractivity contribution in [1.29, 1.82) is 0 Å². The van der Waals surface area contributed by atoms with E-state index in [0.717, 1.165) is 0 Å². The molecule has 242 valence electrons. The fourth-order valence-electron chi connectivity index (χ4n) is 8.69. The third kappa shape index (κ3) is 4.68. The summed E-state index contributed by atoms with van der Waals surface area (Å²) in [4.78, 5) is 2.48. The number of rotatable bonds is 5. The summed E-state index contributed by atoms with van der Waals surface area (Å²) in [5.74, 6) is 0.123.